The number of methoxy groups -OCH3 is 1. The molecule has 1 amide bonds. The summed E-state index contributed by atoms with van der Waals surface area (Å²) in [5, 5.41) is 17.4. The van der Waals surface area contributed by atoms with Gasteiger partial charge in [-0.05, 0) is 53.7 Å². The second-order valence-corrected chi connectivity index (χ2v) is 6.31. The molecule has 3 rings (SSSR count). The third-order valence-electron chi connectivity index (χ3n) is 3.91. The number of hydrogen-bond donors (Lipinski definition) is 2. The van der Waals surface area contributed by atoms with Crippen molar-refractivity contribution in [2.24, 2.45) is 0 Å². The van der Waals surface area contributed by atoms with Crippen LogP contribution in [0.3, 0.4) is 0 Å². The van der Waals surface area contributed by atoms with E-state index in [0.29, 0.717) is 34.5 Å². The number of aryl methyl sites for hydroxylation is 1. The first-order valence-corrected chi connectivity index (χ1v) is 8.78. The number of aromatic nitrogens is 4. The van der Waals surface area contributed by atoms with Gasteiger partial charge in [-0.3, -0.25) is 4.79 Å². The van der Waals surface area contributed by atoms with E-state index in [9.17, 15) is 9.18 Å². The summed E-state index contributed by atoms with van der Waals surface area (Å²) in [6.45, 7) is 2.02. The molecule has 2 aromatic carbocycles. The van der Waals surface area contributed by atoms with Gasteiger partial charge in [0.25, 0.3) is 0 Å². The molecule has 10 heteroatoms. The van der Waals surface area contributed by atoms with E-state index in [-0.39, 0.29) is 18.0 Å². The smallest absolute Gasteiger partial charge is 0.226 e. The first-order chi connectivity index (χ1) is 13.5. The highest BCUT2D eigenvalue weighted by Crippen LogP contribution is 2.27. The highest BCUT2D eigenvalue weighted by atomic mass is 35.5. The number of hydrogen-bond acceptors (Lipinski definition) is 6. The zero-order valence-corrected chi connectivity index (χ0v) is 16.0. The molecule has 0 unspecified atom stereocenters. The maximum absolute atomic E-state index is 14.1. The second kappa shape index (κ2) is 8.66. The van der Waals surface area contributed by atoms with Gasteiger partial charge < -0.3 is 15.4 Å². The van der Waals surface area contributed by atoms with Crippen molar-refractivity contribution in [3.63, 3.8) is 0 Å². The van der Waals surface area contributed by atoms with Gasteiger partial charge in [-0.2, -0.15) is 4.68 Å². The highest BCUT2D eigenvalue weighted by molar-refractivity contribution is 6.30. The number of carbonyl (C=O) groups is 1. The number of anilines is 2. The van der Waals surface area contributed by atoms with Crippen molar-refractivity contribution in [2.45, 2.75) is 13.3 Å². The fourth-order valence-electron chi connectivity index (χ4n) is 2.56. The summed E-state index contributed by atoms with van der Waals surface area (Å²) in [5.41, 5.74) is 1.29. The van der Waals surface area contributed by atoms with E-state index in [4.69, 9.17) is 16.3 Å². The van der Waals surface area contributed by atoms with E-state index < -0.39 is 5.82 Å². The number of amides is 1. The van der Waals surface area contributed by atoms with Gasteiger partial charge in [0, 0.05) is 23.7 Å². The molecule has 0 fully saturated rings. The van der Waals surface area contributed by atoms with Crippen molar-refractivity contribution in [1.29, 1.82) is 0 Å². The predicted octanol–water partition coefficient (Wildman–Crippen LogP) is 3.21. The van der Waals surface area contributed by atoms with Gasteiger partial charge in [0.2, 0.25) is 5.91 Å². The minimum Gasteiger partial charge on any atom is -0.495 e. The Labute approximate surface area is 165 Å². The van der Waals surface area contributed by atoms with Crippen molar-refractivity contribution < 1.29 is 13.9 Å². The van der Waals surface area contributed by atoms with Crippen LogP contribution in [0.4, 0.5) is 15.8 Å². The van der Waals surface area contributed by atoms with Crippen LogP contribution in [0.1, 0.15) is 12.2 Å². The van der Waals surface area contributed by atoms with E-state index in [1.165, 1.54) is 22.9 Å². The van der Waals surface area contributed by atoms with Gasteiger partial charge in [0.05, 0.1) is 12.8 Å². The average Bonchev–Trinajstić information content (AvgIpc) is 3.09. The van der Waals surface area contributed by atoms with Crippen LogP contribution in [-0.4, -0.2) is 39.8 Å². The van der Waals surface area contributed by atoms with Crippen LogP contribution in [-0.2, 0) is 4.79 Å². The third-order valence-corrected chi connectivity index (χ3v) is 4.15. The number of nitrogens with one attached hydrogen (secondary N) is 2. The zero-order chi connectivity index (χ0) is 20.1. The molecule has 0 aliphatic rings. The topological polar surface area (TPSA) is 94.0 Å². The molecule has 0 aliphatic carbocycles. The lowest BCUT2D eigenvalue weighted by Gasteiger charge is -2.12. The Morgan fingerprint density at radius 3 is 2.82 bits per heavy atom. The van der Waals surface area contributed by atoms with Crippen LogP contribution < -0.4 is 15.4 Å². The van der Waals surface area contributed by atoms with Crippen molar-refractivity contribution in [3.8, 4) is 11.4 Å². The van der Waals surface area contributed by atoms with Gasteiger partial charge in [0.1, 0.15) is 17.3 Å². The number of halogens is 2. The van der Waals surface area contributed by atoms with Crippen molar-refractivity contribution in [2.75, 3.05) is 24.3 Å². The Balaban J connectivity index is 1.61. The number of ether oxygens (including phenoxy) is 1. The molecular formula is C18H18ClFN6O2. The highest BCUT2D eigenvalue weighted by Gasteiger charge is 2.12. The normalized spacial score (nSPS) is 10.6. The first-order valence-electron chi connectivity index (χ1n) is 8.40. The summed E-state index contributed by atoms with van der Waals surface area (Å²) in [4.78, 5) is 12.2. The number of tetrazole rings is 1. The van der Waals surface area contributed by atoms with E-state index in [1.54, 1.807) is 32.2 Å². The molecule has 0 aliphatic heterocycles. The minimum absolute atomic E-state index is 0.155. The monoisotopic (exact) mass is 404 g/mol. The molecular weight excluding hydrogens is 387 g/mol. The minimum atomic E-state index is -0.497. The molecule has 1 heterocycles. The average molecular weight is 405 g/mol. The Kier molecular flexibility index (Phi) is 6.05. The van der Waals surface area contributed by atoms with Crippen LogP contribution in [0, 0.1) is 12.7 Å². The standard InChI is InChI=1S/C18H18ClFN6O2/c1-11-23-24-25-26(11)16-10-13(4-5-14(16)20)22-18(27)7-8-21-15-9-12(19)3-6-17(15)28-2/h3-6,9-10,21H,7-8H2,1-2H3,(H,22,27). The van der Waals surface area contributed by atoms with E-state index in [1.807, 2.05) is 0 Å². The van der Waals surface area contributed by atoms with Crippen LogP contribution >= 0.6 is 11.6 Å². The van der Waals surface area contributed by atoms with E-state index in [0.717, 1.165) is 0 Å². The molecule has 0 atom stereocenters. The summed E-state index contributed by atoms with van der Waals surface area (Å²) in [7, 11) is 1.56. The number of benzene rings is 2. The number of nitrogens with zero attached hydrogens (tertiary/aromatic N) is 4. The summed E-state index contributed by atoms with van der Waals surface area (Å²) >= 11 is 5.98. The van der Waals surface area contributed by atoms with Gasteiger partial charge in [0.15, 0.2) is 5.82 Å². The SMILES string of the molecule is COc1ccc(Cl)cc1NCCC(=O)Nc1ccc(F)c(-n2nnnc2C)c1. The molecule has 1 aromatic heterocycles. The van der Waals surface area contributed by atoms with Crippen LogP contribution in [0.15, 0.2) is 36.4 Å². The lowest BCUT2D eigenvalue weighted by Crippen LogP contribution is -2.17. The van der Waals surface area contributed by atoms with Gasteiger partial charge >= 0.3 is 0 Å². The first kappa shape index (κ1) is 19.6. The Morgan fingerprint density at radius 1 is 1.29 bits per heavy atom. The van der Waals surface area contributed by atoms with Gasteiger partial charge in [-0.1, -0.05) is 11.6 Å². The molecule has 146 valence electrons. The Bertz CT molecular complexity index is 994. The van der Waals surface area contributed by atoms with Crippen molar-refractivity contribution >= 4 is 28.9 Å². The lowest BCUT2D eigenvalue weighted by molar-refractivity contribution is -0.115. The fourth-order valence-corrected chi connectivity index (χ4v) is 2.73. The maximum Gasteiger partial charge on any atom is 0.226 e. The zero-order valence-electron chi connectivity index (χ0n) is 15.2. The Morgan fingerprint density at radius 2 is 2.11 bits per heavy atom. The molecule has 0 radical (unpaired) electrons. The molecule has 3 aromatic rings. The van der Waals surface area contributed by atoms with E-state index >= 15 is 0 Å². The third kappa shape index (κ3) is 4.55. The lowest BCUT2D eigenvalue weighted by atomic mass is 10.2. The van der Waals surface area contributed by atoms with Crippen LogP contribution in [0.25, 0.3) is 5.69 Å². The largest absolute Gasteiger partial charge is 0.495 e. The summed E-state index contributed by atoms with van der Waals surface area (Å²) in [5.74, 6) is 0.328. The van der Waals surface area contributed by atoms with Crippen molar-refractivity contribution in [1.82, 2.24) is 20.2 Å². The van der Waals surface area contributed by atoms with Gasteiger partial charge in [-0.25, -0.2) is 4.39 Å². The summed E-state index contributed by atoms with van der Waals surface area (Å²) in [6.07, 6.45) is 0.187. The molecule has 2 N–H and O–H groups in total. The van der Waals surface area contributed by atoms with Gasteiger partial charge in [-0.15, -0.1) is 5.10 Å². The summed E-state index contributed by atoms with van der Waals surface area (Å²) < 4.78 is 20.6. The molecule has 8 nitrogen and oxygen atoms in total. The molecule has 28 heavy (non-hydrogen) atoms. The van der Waals surface area contributed by atoms with Crippen molar-refractivity contribution in [3.05, 3.63) is 53.1 Å². The van der Waals surface area contributed by atoms with Crippen LogP contribution in [0.5, 0.6) is 5.75 Å². The number of rotatable bonds is 7. The second-order valence-electron chi connectivity index (χ2n) is 5.87. The molecule has 0 saturated heterocycles. The maximum atomic E-state index is 14.1. The van der Waals surface area contributed by atoms with E-state index in [2.05, 4.69) is 26.2 Å². The molecule has 0 spiro atoms. The molecule has 0 bridgehead atoms. The fraction of sp³-hybridized carbons (Fsp3) is 0.222. The predicted molar refractivity (Wildman–Crippen MR) is 104 cm³/mol. The van der Waals surface area contributed by atoms with Crippen LogP contribution in [0.2, 0.25) is 5.02 Å². The number of carbonyl (C=O) groups excluding carboxylic acids is 1. The molecule has 0 saturated carbocycles. The quantitative estimate of drug-likeness (QED) is 0.628. The summed E-state index contributed by atoms with van der Waals surface area (Å²) in [6, 6.07) is 9.39. The Hall–Kier alpha value is -3.20.